The number of aryl methyl sites for hydroxylation is 1. The van der Waals surface area contributed by atoms with Gasteiger partial charge in [-0.2, -0.15) is 0 Å². The van der Waals surface area contributed by atoms with Crippen LogP contribution in [-0.2, 0) is 13.0 Å². The summed E-state index contributed by atoms with van der Waals surface area (Å²) in [6.07, 6.45) is 3.76. The molecule has 0 radical (unpaired) electrons. The van der Waals surface area contributed by atoms with Gasteiger partial charge in [-0.3, -0.25) is 0 Å². The molecular weight excluding hydrogens is 336 g/mol. The van der Waals surface area contributed by atoms with Crippen molar-refractivity contribution in [3.8, 4) is 10.6 Å². The van der Waals surface area contributed by atoms with Crippen molar-refractivity contribution in [3.05, 3.63) is 75.8 Å². The van der Waals surface area contributed by atoms with Gasteiger partial charge in [0.15, 0.2) is 0 Å². The first-order valence-electron chi connectivity index (χ1n) is 8.41. The maximum atomic E-state index is 5.96. The van der Waals surface area contributed by atoms with E-state index in [0.29, 0.717) is 6.04 Å². The Kier molecular flexibility index (Phi) is 4.65. The average Bonchev–Trinajstić information content (AvgIpc) is 3.09. The third kappa shape index (κ3) is 3.39. The smallest absolute Gasteiger partial charge is 0.123 e. The summed E-state index contributed by atoms with van der Waals surface area (Å²) in [4.78, 5) is 4.79. The minimum Gasteiger partial charge on any atom is -0.335 e. The second-order valence-electron chi connectivity index (χ2n) is 6.29. The number of nitrogens with two attached hydrogens (primary N) is 1. The number of hydrogen-bond acceptors (Lipinski definition) is 2. The van der Waals surface area contributed by atoms with E-state index in [-0.39, 0.29) is 0 Å². The molecule has 4 rings (SSSR count). The standard InChI is InChI=1S/C20H19ClN2S/c21-16-10-8-15(9-11-16)20-23-17(13-24-20)12-22-19-7-3-5-14-4-1-2-6-18(14)19/h1-2,4,6,8-11,13,19,22H,3,5,7,12H2/p+1/t19-/m0/s1. The largest absolute Gasteiger partial charge is 0.335 e. The predicted molar refractivity (Wildman–Crippen MR) is 100 cm³/mol. The quantitative estimate of drug-likeness (QED) is 0.727. The second-order valence-corrected chi connectivity index (χ2v) is 7.58. The van der Waals surface area contributed by atoms with Crippen molar-refractivity contribution in [2.75, 3.05) is 0 Å². The topological polar surface area (TPSA) is 29.5 Å². The predicted octanol–water partition coefficient (Wildman–Crippen LogP) is 4.60. The van der Waals surface area contributed by atoms with Gasteiger partial charge in [0.2, 0.25) is 0 Å². The van der Waals surface area contributed by atoms with Gasteiger partial charge in [-0.1, -0.05) is 48.0 Å². The van der Waals surface area contributed by atoms with E-state index in [1.807, 2.05) is 24.3 Å². The van der Waals surface area contributed by atoms with Crippen LogP contribution in [0.4, 0.5) is 0 Å². The van der Waals surface area contributed by atoms with Crippen LogP contribution < -0.4 is 5.32 Å². The minimum absolute atomic E-state index is 0.565. The molecule has 0 fully saturated rings. The number of nitrogens with zero attached hydrogens (tertiary/aromatic N) is 1. The second kappa shape index (κ2) is 7.06. The summed E-state index contributed by atoms with van der Waals surface area (Å²) < 4.78 is 0. The van der Waals surface area contributed by atoms with E-state index in [1.165, 1.54) is 30.4 Å². The summed E-state index contributed by atoms with van der Waals surface area (Å²) in [5.41, 5.74) is 5.33. The summed E-state index contributed by atoms with van der Waals surface area (Å²) >= 11 is 7.67. The van der Waals surface area contributed by atoms with Gasteiger partial charge in [0.05, 0.1) is 0 Å². The fraction of sp³-hybridized carbons (Fsp3) is 0.250. The van der Waals surface area contributed by atoms with E-state index in [9.17, 15) is 0 Å². The molecule has 0 spiro atoms. The van der Waals surface area contributed by atoms with Crippen LogP contribution in [0.2, 0.25) is 5.02 Å². The molecule has 2 nitrogen and oxygen atoms in total. The molecule has 2 N–H and O–H groups in total. The Morgan fingerprint density at radius 3 is 2.83 bits per heavy atom. The normalized spacial score (nSPS) is 16.8. The van der Waals surface area contributed by atoms with Crippen molar-refractivity contribution in [1.82, 2.24) is 4.98 Å². The van der Waals surface area contributed by atoms with Crippen LogP contribution in [0.15, 0.2) is 53.9 Å². The van der Waals surface area contributed by atoms with Crippen LogP contribution in [0.25, 0.3) is 10.6 Å². The zero-order chi connectivity index (χ0) is 16.4. The number of thiazole rings is 1. The number of aromatic nitrogens is 1. The lowest BCUT2D eigenvalue weighted by Gasteiger charge is -2.23. The highest BCUT2D eigenvalue weighted by atomic mass is 35.5. The zero-order valence-corrected chi connectivity index (χ0v) is 15.0. The lowest BCUT2D eigenvalue weighted by atomic mass is 9.88. The van der Waals surface area contributed by atoms with Gasteiger partial charge in [-0.05, 0) is 30.5 Å². The summed E-state index contributed by atoms with van der Waals surface area (Å²) in [5.74, 6) is 0. The Labute approximate surface area is 151 Å². The Hall–Kier alpha value is -1.68. The van der Waals surface area contributed by atoms with Crippen molar-refractivity contribution in [3.63, 3.8) is 0 Å². The number of quaternary nitrogens is 1. The fourth-order valence-corrected chi connectivity index (χ4v) is 4.39. The van der Waals surface area contributed by atoms with Crippen molar-refractivity contribution < 1.29 is 5.32 Å². The number of halogens is 1. The highest BCUT2D eigenvalue weighted by Gasteiger charge is 2.22. The molecule has 1 aromatic heterocycles. The van der Waals surface area contributed by atoms with Crippen molar-refractivity contribution in [2.24, 2.45) is 0 Å². The van der Waals surface area contributed by atoms with Gasteiger partial charge in [-0.15, -0.1) is 11.3 Å². The van der Waals surface area contributed by atoms with Crippen LogP contribution in [0.1, 0.15) is 35.7 Å². The SMILES string of the molecule is Clc1ccc(-c2nc(C[NH2+][C@H]3CCCc4ccccc43)cs2)cc1. The van der Waals surface area contributed by atoms with E-state index in [0.717, 1.165) is 27.8 Å². The van der Waals surface area contributed by atoms with Crippen LogP contribution in [0.5, 0.6) is 0 Å². The first-order chi connectivity index (χ1) is 11.8. The Morgan fingerprint density at radius 1 is 1.12 bits per heavy atom. The van der Waals surface area contributed by atoms with Gasteiger partial charge in [-0.25, -0.2) is 4.98 Å². The van der Waals surface area contributed by atoms with Crippen LogP contribution in [0.3, 0.4) is 0 Å². The van der Waals surface area contributed by atoms with Crippen LogP contribution in [0, 0.1) is 0 Å². The maximum Gasteiger partial charge on any atom is 0.123 e. The molecule has 3 aromatic rings. The zero-order valence-electron chi connectivity index (χ0n) is 13.4. The molecule has 0 saturated heterocycles. The highest BCUT2D eigenvalue weighted by Crippen LogP contribution is 2.27. The number of benzene rings is 2. The Bertz CT molecular complexity index is 826. The number of fused-ring (bicyclic) bond motifs is 1. The van der Waals surface area contributed by atoms with Gasteiger partial charge >= 0.3 is 0 Å². The maximum absolute atomic E-state index is 5.96. The third-order valence-corrected chi connectivity index (χ3v) is 5.86. The van der Waals surface area contributed by atoms with E-state index < -0.39 is 0 Å². The molecule has 24 heavy (non-hydrogen) atoms. The van der Waals surface area contributed by atoms with Crippen LogP contribution in [-0.4, -0.2) is 4.98 Å². The van der Waals surface area contributed by atoms with Gasteiger partial charge in [0, 0.05) is 28.0 Å². The van der Waals surface area contributed by atoms with E-state index in [1.54, 1.807) is 11.3 Å². The van der Waals surface area contributed by atoms with Gasteiger partial charge < -0.3 is 5.32 Å². The molecule has 2 aromatic carbocycles. The molecule has 1 aliphatic carbocycles. The summed E-state index contributed by atoms with van der Waals surface area (Å²) in [7, 11) is 0. The van der Waals surface area contributed by atoms with Crippen LogP contribution >= 0.6 is 22.9 Å². The van der Waals surface area contributed by atoms with Gasteiger partial charge in [0.1, 0.15) is 23.3 Å². The molecule has 0 unspecified atom stereocenters. The summed E-state index contributed by atoms with van der Waals surface area (Å²) in [6, 6.07) is 17.3. The number of hydrogen-bond donors (Lipinski definition) is 1. The molecular formula is C20H20ClN2S+. The lowest BCUT2D eigenvalue weighted by molar-refractivity contribution is -0.712. The van der Waals surface area contributed by atoms with Crippen molar-refractivity contribution in [2.45, 2.75) is 31.8 Å². The average molecular weight is 356 g/mol. The van der Waals surface area contributed by atoms with Crippen molar-refractivity contribution in [1.29, 1.82) is 0 Å². The summed E-state index contributed by atoms with van der Waals surface area (Å²) in [6.45, 7) is 0.934. The Balaban J connectivity index is 1.45. The highest BCUT2D eigenvalue weighted by molar-refractivity contribution is 7.13. The minimum atomic E-state index is 0.565. The van der Waals surface area contributed by atoms with E-state index in [2.05, 4.69) is 35.0 Å². The molecule has 4 heteroatoms. The monoisotopic (exact) mass is 355 g/mol. The van der Waals surface area contributed by atoms with Gasteiger partial charge in [0.25, 0.3) is 0 Å². The molecule has 0 bridgehead atoms. The Morgan fingerprint density at radius 2 is 1.96 bits per heavy atom. The number of rotatable bonds is 4. The molecule has 0 aliphatic heterocycles. The van der Waals surface area contributed by atoms with E-state index in [4.69, 9.17) is 16.6 Å². The van der Waals surface area contributed by atoms with Crippen molar-refractivity contribution >= 4 is 22.9 Å². The fourth-order valence-electron chi connectivity index (χ4n) is 3.43. The molecule has 122 valence electrons. The molecule has 0 amide bonds. The lowest BCUT2D eigenvalue weighted by Crippen LogP contribution is -2.84. The molecule has 1 atom stereocenters. The molecule has 0 saturated carbocycles. The first-order valence-corrected chi connectivity index (χ1v) is 9.67. The third-order valence-electron chi connectivity index (χ3n) is 4.67. The molecule has 1 aliphatic rings. The van der Waals surface area contributed by atoms with E-state index >= 15 is 0 Å². The first kappa shape index (κ1) is 15.8. The summed E-state index contributed by atoms with van der Waals surface area (Å²) in [5, 5.41) is 6.45. The molecule has 1 heterocycles.